The minimum atomic E-state index is 0.629. The van der Waals surface area contributed by atoms with E-state index in [0.717, 1.165) is 27.2 Å². The predicted molar refractivity (Wildman–Crippen MR) is 108 cm³/mol. The van der Waals surface area contributed by atoms with Crippen molar-refractivity contribution in [3.63, 3.8) is 0 Å². The second kappa shape index (κ2) is 7.21. The van der Waals surface area contributed by atoms with Crippen molar-refractivity contribution in [2.75, 3.05) is 0 Å². The van der Waals surface area contributed by atoms with Crippen LogP contribution in [0.2, 0.25) is 0 Å². The maximum absolute atomic E-state index is 4.77. The van der Waals surface area contributed by atoms with Crippen molar-refractivity contribution in [1.29, 1.82) is 0 Å². The SMILES string of the molecule is c1ccc(-n2cnc(Sc3nc(-c4cccnc4)nc4ccccc34)n2)cc1. The summed E-state index contributed by atoms with van der Waals surface area (Å²) in [7, 11) is 0. The number of para-hydroxylation sites is 2. The number of benzene rings is 2. The molecule has 134 valence electrons. The van der Waals surface area contributed by atoms with Crippen LogP contribution in [0.3, 0.4) is 0 Å². The molecular formula is C21H14N6S. The van der Waals surface area contributed by atoms with Crippen LogP contribution in [0.25, 0.3) is 28.0 Å². The molecule has 5 aromatic rings. The predicted octanol–water partition coefficient (Wildman–Crippen LogP) is 4.42. The van der Waals surface area contributed by atoms with Crippen LogP contribution in [0.1, 0.15) is 0 Å². The monoisotopic (exact) mass is 382 g/mol. The van der Waals surface area contributed by atoms with Crippen LogP contribution >= 0.6 is 11.8 Å². The highest BCUT2D eigenvalue weighted by Crippen LogP contribution is 2.31. The largest absolute Gasteiger partial charge is 0.264 e. The minimum absolute atomic E-state index is 0.629. The maximum Gasteiger partial charge on any atom is 0.215 e. The third-order valence-electron chi connectivity index (χ3n) is 4.17. The molecule has 0 radical (unpaired) electrons. The van der Waals surface area contributed by atoms with Gasteiger partial charge in [0, 0.05) is 23.3 Å². The molecular weight excluding hydrogens is 368 g/mol. The lowest BCUT2D eigenvalue weighted by Crippen LogP contribution is -1.95. The summed E-state index contributed by atoms with van der Waals surface area (Å²) in [6, 6.07) is 21.7. The van der Waals surface area contributed by atoms with Crippen molar-refractivity contribution in [3.8, 4) is 17.1 Å². The average Bonchev–Trinajstić information content (AvgIpc) is 3.23. The molecule has 0 atom stereocenters. The van der Waals surface area contributed by atoms with Gasteiger partial charge in [-0.1, -0.05) is 36.4 Å². The molecule has 3 aromatic heterocycles. The number of rotatable bonds is 4. The van der Waals surface area contributed by atoms with Crippen LogP contribution in [0.15, 0.2) is 95.6 Å². The van der Waals surface area contributed by atoms with E-state index >= 15 is 0 Å². The van der Waals surface area contributed by atoms with E-state index in [1.807, 2.05) is 66.7 Å². The normalized spacial score (nSPS) is 11.0. The molecule has 0 N–H and O–H groups in total. The quantitative estimate of drug-likeness (QED) is 0.429. The Morgan fingerprint density at radius 1 is 0.821 bits per heavy atom. The van der Waals surface area contributed by atoms with Crippen molar-refractivity contribution in [1.82, 2.24) is 29.7 Å². The first kappa shape index (κ1) is 16.6. The number of pyridine rings is 1. The highest BCUT2D eigenvalue weighted by atomic mass is 32.2. The van der Waals surface area contributed by atoms with Gasteiger partial charge >= 0.3 is 0 Å². The summed E-state index contributed by atoms with van der Waals surface area (Å²) in [5.41, 5.74) is 2.71. The van der Waals surface area contributed by atoms with Crippen molar-refractivity contribution in [3.05, 3.63) is 85.5 Å². The van der Waals surface area contributed by atoms with Gasteiger partial charge in [0.15, 0.2) is 5.82 Å². The fraction of sp³-hybridized carbons (Fsp3) is 0. The lowest BCUT2D eigenvalue weighted by molar-refractivity contribution is 0.834. The molecule has 0 aliphatic heterocycles. The Bertz CT molecular complexity index is 1240. The Kier molecular flexibility index (Phi) is 4.27. The Morgan fingerprint density at radius 3 is 2.54 bits per heavy atom. The molecule has 6 nitrogen and oxygen atoms in total. The Hall–Kier alpha value is -3.58. The van der Waals surface area contributed by atoms with Crippen LogP contribution in [-0.4, -0.2) is 29.7 Å². The van der Waals surface area contributed by atoms with E-state index in [9.17, 15) is 0 Å². The Labute approximate surface area is 165 Å². The first-order chi connectivity index (χ1) is 13.9. The summed E-state index contributed by atoms with van der Waals surface area (Å²) in [6.07, 6.45) is 5.21. The lowest BCUT2D eigenvalue weighted by atomic mass is 10.2. The van der Waals surface area contributed by atoms with E-state index in [4.69, 9.17) is 9.97 Å². The molecule has 3 heterocycles. The molecule has 0 spiro atoms. The number of aromatic nitrogens is 6. The molecule has 0 aliphatic rings. The summed E-state index contributed by atoms with van der Waals surface area (Å²) >= 11 is 1.43. The van der Waals surface area contributed by atoms with Gasteiger partial charge in [-0.2, -0.15) is 0 Å². The molecule has 0 aliphatic carbocycles. The third-order valence-corrected chi connectivity index (χ3v) is 5.04. The first-order valence-electron chi connectivity index (χ1n) is 8.69. The third kappa shape index (κ3) is 3.23. The molecule has 5 rings (SSSR count). The molecule has 0 bridgehead atoms. The van der Waals surface area contributed by atoms with Crippen molar-refractivity contribution in [2.45, 2.75) is 10.2 Å². The van der Waals surface area contributed by atoms with Crippen molar-refractivity contribution in [2.24, 2.45) is 0 Å². The molecule has 0 saturated heterocycles. The zero-order valence-corrected chi connectivity index (χ0v) is 15.5. The standard InChI is InChI=1S/C21H14N6S/c1-2-8-16(9-3-1)27-14-23-21(26-27)28-20-17-10-4-5-11-18(17)24-19(25-20)15-7-6-12-22-13-15/h1-14H. The van der Waals surface area contributed by atoms with Gasteiger partial charge in [-0.15, -0.1) is 5.10 Å². The van der Waals surface area contributed by atoms with Gasteiger partial charge < -0.3 is 0 Å². The van der Waals surface area contributed by atoms with E-state index in [1.54, 1.807) is 23.4 Å². The molecule has 0 saturated carbocycles. The fourth-order valence-corrected chi connectivity index (χ4v) is 3.65. The highest BCUT2D eigenvalue weighted by molar-refractivity contribution is 7.99. The average molecular weight is 382 g/mol. The summed E-state index contributed by atoms with van der Waals surface area (Å²) in [5, 5.41) is 6.99. The van der Waals surface area contributed by atoms with Gasteiger partial charge in [-0.05, 0) is 42.1 Å². The second-order valence-corrected chi connectivity index (χ2v) is 6.98. The molecule has 0 unspecified atom stereocenters. The van der Waals surface area contributed by atoms with E-state index in [0.29, 0.717) is 11.0 Å². The highest BCUT2D eigenvalue weighted by Gasteiger charge is 2.13. The van der Waals surface area contributed by atoms with E-state index in [-0.39, 0.29) is 0 Å². The lowest BCUT2D eigenvalue weighted by Gasteiger charge is -2.07. The molecule has 28 heavy (non-hydrogen) atoms. The topological polar surface area (TPSA) is 69.4 Å². The van der Waals surface area contributed by atoms with E-state index in [2.05, 4.69) is 15.1 Å². The van der Waals surface area contributed by atoms with E-state index in [1.165, 1.54) is 11.8 Å². The van der Waals surface area contributed by atoms with Crippen LogP contribution in [0.4, 0.5) is 0 Å². The first-order valence-corrected chi connectivity index (χ1v) is 9.50. The maximum atomic E-state index is 4.77. The van der Waals surface area contributed by atoms with Gasteiger partial charge in [0.2, 0.25) is 5.16 Å². The van der Waals surface area contributed by atoms with Crippen molar-refractivity contribution < 1.29 is 0 Å². The second-order valence-electron chi connectivity index (χ2n) is 6.02. The Morgan fingerprint density at radius 2 is 1.68 bits per heavy atom. The van der Waals surface area contributed by atoms with Crippen LogP contribution in [-0.2, 0) is 0 Å². The smallest absolute Gasteiger partial charge is 0.215 e. The van der Waals surface area contributed by atoms with Gasteiger partial charge in [0.1, 0.15) is 11.4 Å². The van der Waals surface area contributed by atoms with Gasteiger partial charge in [-0.25, -0.2) is 19.6 Å². The number of nitrogens with zero attached hydrogens (tertiary/aromatic N) is 6. The summed E-state index contributed by atoms with van der Waals surface area (Å²) in [4.78, 5) is 18.1. The molecule has 7 heteroatoms. The van der Waals surface area contributed by atoms with Gasteiger partial charge in [-0.3, -0.25) is 4.98 Å². The summed E-state index contributed by atoms with van der Waals surface area (Å²) in [6.45, 7) is 0. The van der Waals surface area contributed by atoms with Crippen LogP contribution in [0, 0.1) is 0 Å². The van der Waals surface area contributed by atoms with Crippen molar-refractivity contribution >= 4 is 22.7 Å². The Balaban J connectivity index is 1.56. The molecule has 2 aromatic carbocycles. The zero-order valence-electron chi connectivity index (χ0n) is 14.7. The van der Waals surface area contributed by atoms with Gasteiger partial charge in [0.05, 0.1) is 11.2 Å². The zero-order chi connectivity index (χ0) is 18.8. The number of fused-ring (bicyclic) bond motifs is 1. The fourth-order valence-electron chi connectivity index (χ4n) is 2.84. The van der Waals surface area contributed by atoms with E-state index < -0.39 is 0 Å². The number of hydrogen-bond acceptors (Lipinski definition) is 6. The molecule has 0 fully saturated rings. The summed E-state index contributed by atoms with van der Waals surface area (Å²) < 4.78 is 1.76. The van der Waals surface area contributed by atoms with Crippen LogP contribution in [0.5, 0.6) is 0 Å². The summed E-state index contributed by atoms with van der Waals surface area (Å²) in [5.74, 6) is 0.636. The number of hydrogen-bond donors (Lipinski definition) is 0. The van der Waals surface area contributed by atoms with Gasteiger partial charge in [0.25, 0.3) is 0 Å². The molecule has 0 amide bonds. The minimum Gasteiger partial charge on any atom is -0.264 e. The van der Waals surface area contributed by atoms with Crippen LogP contribution < -0.4 is 0 Å².